The Kier molecular flexibility index (Phi) is 4.34. The largest absolute Gasteiger partial charge is 0.508 e. The highest BCUT2D eigenvalue weighted by Gasteiger charge is 2.23. The van der Waals surface area contributed by atoms with Crippen molar-refractivity contribution in [2.75, 3.05) is 13.2 Å². The van der Waals surface area contributed by atoms with Crippen LogP contribution in [0.5, 0.6) is 5.75 Å². The maximum absolute atomic E-state index is 13.2. The van der Waals surface area contributed by atoms with Gasteiger partial charge in [0.2, 0.25) is 0 Å². The lowest BCUT2D eigenvalue weighted by Gasteiger charge is -2.18. The van der Waals surface area contributed by atoms with E-state index in [1.54, 1.807) is 0 Å². The van der Waals surface area contributed by atoms with E-state index in [2.05, 4.69) is 5.32 Å². The normalized spacial score (nSPS) is 20.4. The molecule has 0 spiro atoms. The first kappa shape index (κ1) is 13.8. The molecule has 2 unspecified atom stereocenters. The second kappa shape index (κ2) is 5.99. The minimum absolute atomic E-state index is 0.0102. The molecule has 0 saturated carbocycles. The lowest BCUT2D eigenvalue weighted by atomic mass is 10.1. The van der Waals surface area contributed by atoms with Crippen molar-refractivity contribution < 1.29 is 24.1 Å². The highest BCUT2D eigenvalue weighted by molar-refractivity contribution is 5.75. The number of rotatable bonds is 5. The van der Waals surface area contributed by atoms with Crippen LogP contribution in [0, 0.1) is 5.82 Å². The first-order valence-electron chi connectivity index (χ1n) is 6.13. The number of phenols is 1. The van der Waals surface area contributed by atoms with Crippen molar-refractivity contribution in [3.8, 4) is 5.75 Å². The van der Waals surface area contributed by atoms with Gasteiger partial charge in [-0.3, -0.25) is 10.1 Å². The molecule has 1 aromatic rings. The molecule has 1 saturated heterocycles. The molecule has 0 aromatic heterocycles. The molecule has 1 fully saturated rings. The monoisotopic (exact) mass is 269 g/mol. The minimum Gasteiger partial charge on any atom is -0.508 e. The molecule has 0 radical (unpaired) electrons. The molecule has 104 valence electrons. The quantitative estimate of drug-likeness (QED) is 0.753. The van der Waals surface area contributed by atoms with E-state index in [4.69, 9.17) is 4.74 Å². The Hall–Kier alpha value is -1.66. The topological polar surface area (TPSA) is 78.8 Å². The van der Waals surface area contributed by atoms with Gasteiger partial charge in [0.15, 0.2) is 0 Å². The summed E-state index contributed by atoms with van der Waals surface area (Å²) in [6.07, 6.45) is 1.84. The van der Waals surface area contributed by atoms with Crippen LogP contribution in [0.4, 0.5) is 4.39 Å². The molecule has 2 rings (SSSR count). The van der Waals surface area contributed by atoms with E-state index < -0.39 is 17.8 Å². The van der Waals surface area contributed by atoms with Crippen LogP contribution in [-0.2, 0) is 9.53 Å². The number of aromatic hydroxyl groups is 1. The first-order chi connectivity index (χ1) is 9.06. The van der Waals surface area contributed by atoms with Gasteiger partial charge < -0.3 is 14.9 Å². The smallest absolute Gasteiger partial charge is 0.325 e. The third-order valence-electron chi connectivity index (χ3n) is 3.06. The summed E-state index contributed by atoms with van der Waals surface area (Å²) in [6, 6.07) is 2.21. The van der Waals surface area contributed by atoms with Gasteiger partial charge in [0.05, 0.1) is 6.10 Å². The summed E-state index contributed by atoms with van der Waals surface area (Å²) < 4.78 is 18.6. The summed E-state index contributed by atoms with van der Waals surface area (Å²) in [7, 11) is 0. The Balaban J connectivity index is 2.07. The SMILES string of the molecule is O=C(O)C(NCC1CCCO1)c1cc(O)cc(F)c1. The summed E-state index contributed by atoms with van der Waals surface area (Å²) in [5, 5.41) is 21.3. The number of nitrogens with one attached hydrogen (secondary N) is 1. The van der Waals surface area contributed by atoms with E-state index >= 15 is 0 Å². The van der Waals surface area contributed by atoms with Gasteiger partial charge in [-0.25, -0.2) is 4.39 Å². The average molecular weight is 269 g/mol. The standard InChI is InChI=1S/C13H16FNO4/c14-9-4-8(5-10(16)6-9)12(13(17)18)15-7-11-2-1-3-19-11/h4-6,11-12,15-16H,1-3,7H2,(H,17,18). The molecule has 1 aliphatic rings. The Morgan fingerprint density at radius 2 is 2.32 bits per heavy atom. The number of phenolic OH excluding ortho intramolecular Hbond substituents is 1. The van der Waals surface area contributed by atoms with Gasteiger partial charge in [0.1, 0.15) is 17.6 Å². The summed E-state index contributed by atoms with van der Waals surface area (Å²) in [4.78, 5) is 11.2. The molecule has 1 aromatic carbocycles. The van der Waals surface area contributed by atoms with Crippen molar-refractivity contribution in [2.45, 2.75) is 25.0 Å². The van der Waals surface area contributed by atoms with E-state index in [1.165, 1.54) is 6.07 Å². The van der Waals surface area contributed by atoms with Crippen molar-refractivity contribution >= 4 is 5.97 Å². The van der Waals surface area contributed by atoms with Crippen molar-refractivity contribution in [3.63, 3.8) is 0 Å². The van der Waals surface area contributed by atoms with Gasteiger partial charge in [0, 0.05) is 19.2 Å². The first-order valence-corrected chi connectivity index (χ1v) is 6.13. The molecule has 0 aliphatic carbocycles. The van der Waals surface area contributed by atoms with Crippen molar-refractivity contribution in [1.82, 2.24) is 5.32 Å². The van der Waals surface area contributed by atoms with Crippen LogP contribution in [0.2, 0.25) is 0 Å². The van der Waals surface area contributed by atoms with E-state index in [-0.39, 0.29) is 17.4 Å². The van der Waals surface area contributed by atoms with Crippen molar-refractivity contribution in [3.05, 3.63) is 29.6 Å². The lowest BCUT2D eigenvalue weighted by molar-refractivity contribution is -0.139. The summed E-state index contributed by atoms with van der Waals surface area (Å²) >= 11 is 0. The van der Waals surface area contributed by atoms with Crippen LogP contribution in [0.1, 0.15) is 24.4 Å². The van der Waals surface area contributed by atoms with Crippen LogP contribution in [0.25, 0.3) is 0 Å². The van der Waals surface area contributed by atoms with Gasteiger partial charge in [-0.2, -0.15) is 0 Å². The number of carboxylic acids is 1. The number of carboxylic acid groups (broad SMARTS) is 1. The Morgan fingerprint density at radius 3 is 2.89 bits per heavy atom. The zero-order valence-electron chi connectivity index (χ0n) is 10.3. The van der Waals surface area contributed by atoms with Gasteiger partial charge in [-0.05, 0) is 30.5 Å². The maximum Gasteiger partial charge on any atom is 0.325 e. The van der Waals surface area contributed by atoms with Crippen molar-refractivity contribution in [2.24, 2.45) is 0 Å². The molecule has 2 atom stereocenters. The van der Waals surface area contributed by atoms with Crippen molar-refractivity contribution in [1.29, 1.82) is 0 Å². The van der Waals surface area contributed by atoms with Crippen LogP contribution in [0.15, 0.2) is 18.2 Å². The minimum atomic E-state index is -1.12. The van der Waals surface area contributed by atoms with E-state index in [0.717, 1.165) is 25.0 Å². The molecular weight excluding hydrogens is 253 g/mol. The molecule has 0 amide bonds. The van der Waals surface area contributed by atoms with Gasteiger partial charge in [0.25, 0.3) is 0 Å². The summed E-state index contributed by atoms with van der Waals surface area (Å²) in [5.41, 5.74) is 0.183. The predicted molar refractivity (Wildman–Crippen MR) is 65.4 cm³/mol. The number of benzene rings is 1. The average Bonchev–Trinajstić information content (AvgIpc) is 2.80. The van der Waals surface area contributed by atoms with Crippen LogP contribution in [0.3, 0.4) is 0 Å². The zero-order valence-corrected chi connectivity index (χ0v) is 10.3. The number of carbonyl (C=O) groups is 1. The highest BCUT2D eigenvalue weighted by atomic mass is 19.1. The number of hydrogen-bond donors (Lipinski definition) is 3. The zero-order chi connectivity index (χ0) is 13.8. The Morgan fingerprint density at radius 1 is 1.53 bits per heavy atom. The third kappa shape index (κ3) is 3.65. The van der Waals surface area contributed by atoms with Gasteiger partial charge in [-0.1, -0.05) is 0 Å². The van der Waals surface area contributed by atoms with Gasteiger partial charge in [-0.15, -0.1) is 0 Å². The van der Waals surface area contributed by atoms with Crippen LogP contribution < -0.4 is 5.32 Å². The number of aliphatic carboxylic acids is 1. The second-order valence-corrected chi connectivity index (χ2v) is 4.56. The van der Waals surface area contributed by atoms with Crippen LogP contribution in [-0.4, -0.2) is 35.4 Å². The number of halogens is 1. The van der Waals surface area contributed by atoms with E-state index in [9.17, 15) is 19.4 Å². The molecule has 6 heteroatoms. The highest BCUT2D eigenvalue weighted by Crippen LogP contribution is 2.21. The molecular formula is C13H16FNO4. The second-order valence-electron chi connectivity index (χ2n) is 4.56. The molecule has 3 N–H and O–H groups in total. The predicted octanol–water partition coefficient (Wildman–Crippen LogP) is 1.43. The Bertz CT molecular complexity index is 440. The lowest BCUT2D eigenvalue weighted by Crippen LogP contribution is -2.34. The number of hydrogen-bond acceptors (Lipinski definition) is 4. The fraction of sp³-hybridized carbons (Fsp3) is 0.462. The Labute approximate surface area is 110 Å². The molecule has 0 bridgehead atoms. The molecule has 5 nitrogen and oxygen atoms in total. The molecule has 1 heterocycles. The fourth-order valence-corrected chi connectivity index (χ4v) is 2.17. The molecule has 1 aliphatic heterocycles. The van der Waals surface area contributed by atoms with E-state index in [0.29, 0.717) is 13.2 Å². The summed E-state index contributed by atoms with van der Waals surface area (Å²) in [5.74, 6) is -2.08. The van der Waals surface area contributed by atoms with Gasteiger partial charge >= 0.3 is 5.97 Å². The third-order valence-corrected chi connectivity index (χ3v) is 3.06. The number of ether oxygens (including phenoxy) is 1. The fourth-order valence-electron chi connectivity index (χ4n) is 2.17. The van der Waals surface area contributed by atoms with E-state index in [1.807, 2.05) is 0 Å². The summed E-state index contributed by atoms with van der Waals surface area (Å²) in [6.45, 7) is 1.07. The molecule has 19 heavy (non-hydrogen) atoms. The maximum atomic E-state index is 13.2. The van der Waals surface area contributed by atoms with Crippen LogP contribution >= 0.6 is 0 Å².